The molecule has 3 aromatic rings. The minimum Gasteiger partial charge on any atom is -0.497 e. The van der Waals surface area contributed by atoms with Crippen LogP contribution in [0.2, 0.25) is 0 Å². The Morgan fingerprint density at radius 2 is 1.61 bits per heavy atom. The average molecular weight is 555 g/mol. The third kappa shape index (κ3) is 5.77. The minimum absolute atomic E-state index is 0.201. The standard InChI is InChI=1S/C27H33F3N2O5S/c1-17(2)16-23(25(33)37-26(4,5)6)32(38(34,35)27(28,29)30)24-18(3)21-10-8-9-11-22(21)31(24)19-12-14-20(36-7)15-13-19/h8-15,17,23H,16H2,1-7H3/t23-/m0/s1. The summed E-state index contributed by atoms with van der Waals surface area (Å²) >= 11 is 0. The fourth-order valence-electron chi connectivity index (χ4n) is 4.29. The van der Waals surface area contributed by atoms with Crippen LogP contribution in [0.4, 0.5) is 19.0 Å². The number of para-hydroxylation sites is 1. The quantitative estimate of drug-likeness (QED) is 0.303. The number of fused-ring (bicyclic) bond motifs is 1. The second kappa shape index (κ2) is 10.5. The van der Waals surface area contributed by atoms with Crippen LogP contribution in [-0.2, 0) is 19.6 Å². The number of esters is 1. The van der Waals surface area contributed by atoms with E-state index in [0.29, 0.717) is 22.3 Å². The van der Waals surface area contributed by atoms with E-state index in [-0.39, 0.29) is 28.0 Å². The van der Waals surface area contributed by atoms with Crippen molar-refractivity contribution in [2.45, 2.75) is 65.1 Å². The molecule has 208 valence electrons. The summed E-state index contributed by atoms with van der Waals surface area (Å²) in [5.41, 5.74) is -5.61. The molecule has 0 aliphatic rings. The number of benzene rings is 2. The molecule has 1 aromatic heterocycles. The third-order valence-electron chi connectivity index (χ3n) is 5.84. The molecule has 38 heavy (non-hydrogen) atoms. The predicted octanol–water partition coefficient (Wildman–Crippen LogP) is 6.36. The molecule has 11 heteroatoms. The zero-order valence-corrected chi connectivity index (χ0v) is 23.3. The van der Waals surface area contributed by atoms with Crippen molar-refractivity contribution in [2.75, 3.05) is 11.4 Å². The zero-order valence-electron chi connectivity index (χ0n) is 22.5. The highest BCUT2D eigenvalue weighted by atomic mass is 32.2. The number of halogens is 3. The molecule has 0 radical (unpaired) electrons. The van der Waals surface area contributed by atoms with Gasteiger partial charge in [-0.15, -0.1) is 0 Å². The normalized spacial score (nSPS) is 13.6. The largest absolute Gasteiger partial charge is 0.516 e. The summed E-state index contributed by atoms with van der Waals surface area (Å²) in [6, 6.07) is 11.5. The van der Waals surface area contributed by atoms with E-state index in [1.807, 2.05) is 0 Å². The van der Waals surface area contributed by atoms with Gasteiger partial charge < -0.3 is 9.47 Å². The van der Waals surface area contributed by atoms with Gasteiger partial charge in [-0.2, -0.15) is 21.6 Å². The molecule has 0 aliphatic heterocycles. The number of aryl methyl sites for hydroxylation is 1. The van der Waals surface area contributed by atoms with E-state index in [9.17, 15) is 26.4 Å². The van der Waals surface area contributed by atoms with E-state index in [1.165, 1.54) is 18.6 Å². The van der Waals surface area contributed by atoms with E-state index in [1.54, 1.807) is 83.1 Å². The maximum Gasteiger partial charge on any atom is 0.516 e. The van der Waals surface area contributed by atoms with E-state index in [4.69, 9.17) is 9.47 Å². The smallest absolute Gasteiger partial charge is 0.497 e. The van der Waals surface area contributed by atoms with Crippen LogP contribution in [0.25, 0.3) is 16.6 Å². The Hall–Kier alpha value is -3.21. The molecule has 0 unspecified atom stereocenters. The van der Waals surface area contributed by atoms with Crippen LogP contribution in [0, 0.1) is 12.8 Å². The molecule has 0 aliphatic carbocycles. The van der Waals surface area contributed by atoms with Crippen LogP contribution in [0.3, 0.4) is 0 Å². The lowest BCUT2D eigenvalue weighted by Gasteiger charge is -2.35. The molecule has 0 saturated carbocycles. The molecule has 0 saturated heterocycles. The molecule has 0 N–H and O–H groups in total. The highest BCUT2D eigenvalue weighted by Gasteiger charge is 2.55. The number of nitrogens with zero attached hydrogens (tertiary/aromatic N) is 2. The zero-order chi connectivity index (χ0) is 28.6. The molecule has 7 nitrogen and oxygen atoms in total. The number of hydrogen-bond donors (Lipinski definition) is 0. The van der Waals surface area contributed by atoms with Crippen molar-refractivity contribution in [1.29, 1.82) is 0 Å². The fraction of sp³-hybridized carbons (Fsp3) is 0.444. The molecular formula is C27H33F3N2O5S. The number of carbonyl (C=O) groups excluding carboxylic acids is 1. The Morgan fingerprint density at radius 3 is 2.11 bits per heavy atom. The number of carbonyl (C=O) groups is 1. The van der Waals surface area contributed by atoms with Crippen molar-refractivity contribution in [2.24, 2.45) is 5.92 Å². The van der Waals surface area contributed by atoms with E-state index < -0.39 is 33.1 Å². The highest BCUT2D eigenvalue weighted by Crippen LogP contribution is 2.42. The average Bonchev–Trinajstić information content (AvgIpc) is 3.08. The van der Waals surface area contributed by atoms with Crippen molar-refractivity contribution in [3.05, 3.63) is 54.1 Å². The minimum atomic E-state index is -6.06. The molecule has 1 heterocycles. The molecule has 2 aromatic carbocycles. The van der Waals surface area contributed by atoms with E-state index in [2.05, 4.69) is 0 Å². The van der Waals surface area contributed by atoms with Gasteiger partial charge in [-0.25, -0.2) is 9.10 Å². The Labute approximate surface area is 221 Å². The first-order valence-electron chi connectivity index (χ1n) is 12.1. The van der Waals surface area contributed by atoms with Crippen LogP contribution in [0.15, 0.2) is 48.5 Å². The van der Waals surface area contributed by atoms with Crippen molar-refractivity contribution in [3.8, 4) is 11.4 Å². The summed E-state index contributed by atoms with van der Waals surface area (Å²) in [6.45, 7) is 9.64. The maximum absolute atomic E-state index is 14.3. The molecule has 0 spiro atoms. The lowest BCUT2D eigenvalue weighted by molar-refractivity contribution is -0.156. The molecule has 1 atom stereocenters. The summed E-state index contributed by atoms with van der Waals surface area (Å²) in [4.78, 5) is 13.4. The first kappa shape index (κ1) is 29.3. The van der Waals surface area contributed by atoms with Gasteiger partial charge >= 0.3 is 21.5 Å². The number of methoxy groups -OCH3 is 1. The van der Waals surface area contributed by atoms with Gasteiger partial charge in [0.2, 0.25) is 0 Å². The number of sulfonamides is 1. The fourth-order valence-corrected chi connectivity index (χ4v) is 5.47. The highest BCUT2D eigenvalue weighted by molar-refractivity contribution is 7.93. The molecule has 0 bridgehead atoms. The molecule has 3 rings (SSSR count). The van der Waals surface area contributed by atoms with Gasteiger partial charge in [0.05, 0.1) is 12.6 Å². The SMILES string of the molecule is COc1ccc(-n2c(N([C@@H](CC(C)C)C(=O)OC(C)(C)C)S(=O)(=O)C(F)(F)F)c(C)c3ccccc32)cc1. The third-order valence-corrected chi connectivity index (χ3v) is 7.37. The van der Waals surface area contributed by atoms with Crippen LogP contribution in [0.1, 0.15) is 46.6 Å². The second-order valence-electron chi connectivity index (χ2n) is 10.4. The lowest BCUT2D eigenvalue weighted by atomic mass is 10.0. The number of hydrogen-bond acceptors (Lipinski definition) is 5. The number of alkyl halides is 3. The van der Waals surface area contributed by atoms with Gasteiger partial charge in [-0.3, -0.25) is 4.57 Å². The Bertz CT molecular complexity index is 1410. The van der Waals surface area contributed by atoms with Crippen molar-refractivity contribution in [1.82, 2.24) is 4.57 Å². The van der Waals surface area contributed by atoms with Gasteiger partial charge in [-0.05, 0) is 70.4 Å². The number of rotatable bonds is 8. The monoisotopic (exact) mass is 554 g/mol. The number of ether oxygens (including phenoxy) is 2. The van der Waals surface area contributed by atoms with Crippen molar-refractivity contribution in [3.63, 3.8) is 0 Å². The number of anilines is 1. The first-order chi connectivity index (χ1) is 17.5. The second-order valence-corrected chi connectivity index (χ2v) is 12.2. The van der Waals surface area contributed by atoms with Crippen molar-refractivity contribution >= 4 is 32.7 Å². The van der Waals surface area contributed by atoms with Crippen LogP contribution < -0.4 is 9.04 Å². The number of aromatic nitrogens is 1. The maximum atomic E-state index is 14.3. The summed E-state index contributed by atoms with van der Waals surface area (Å²) < 4.78 is 81.8. The van der Waals surface area contributed by atoms with Gasteiger partial charge in [0.25, 0.3) is 0 Å². The summed E-state index contributed by atoms with van der Waals surface area (Å²) in [6.07, 6.45) is -0.201. The molecule has 0 amide bonds. The van der Waals surface area contributed by atoms with Crippen LogP contribution in [0.5, 0.6) is 5.75 Å². The van der Waals surface area contributed by atoms with Gasteiger partial charge in [0.15, 0.2) is 0 Å². The summed E-state index contributed by atoms with van der Waals surface area (Å²) in [5.74, 6) is -1.18. The van der Waals surface area contributed by atoms with Gasteiger partial charge in [0, 0.05) is 16.6 Å². The predicted molar refractivity (Wildman–Crippen MR) is 141 cm³/mol. The van der Waals surface area contributed by atoms with Crippen LogP contribution in [-0.4, -0.2) is 43.2 Å². The summed E-state index contributed by atoms with van der Waals surface area (Å²) in [7, 11) is -4.59. The van der Waals surface area contributed by atoms with Gasteiger partial charge in [0.1, 0.15) is 23.2 Å². The van der Waals surface area contributed by atoms with Crippen LogP contribution >= 0.6 is 0 Å². The van der Waals surface area contributed by atoms with E-state index in [0.717, 1.165) is 0 Å². The molecular weight excluding hydrogens is 521 g/mol. The molecule has 0 fully saturated rings. The Morgan fingerprint density at radius 1 is 1.03 bits per heavy atom. The lowest BCUT2D eigenvalue weighted by Crippen LogP contribution is -2.53. The van der Waals surface area contributed by atoms with E-state index >= 15 is 0 Å². The van der Waals surface area contributed by atoms with Crippen molar-refractivity contribution < 1.29 is 35.9 Å². The Kier molecular flexibility index (Phi) is 8.12. The first-order valence-corrected chi connectivity index (χ1v) is 13.5. The summed E-state index contributed by atoms with van der Waals surface area (Å²) in [5, 5.41) is 0.535. The van der Waals surface area contributed by atoms with Gasteiger partial charge in [-0.1, -0.05) is 32.0 Å². The topological polar surface area (TPSA) is 77.8 Å². The Balaban J connectivity index is 2.46.